The topological polar surface area (TPSA) is 0 Å². The van der Waals surface area contributed by atoms with Crippen LogP contribution in [0.15, 0.2) is 24.3 Å². The quantitative estimate of drug-likeness (QED) is 0.622. The molecule has 0 heteroatoms. The normalized spacial score (nSPS) is 7.75. The molecule has 1 aromatic carbocycles. The average Bonchev–Trinajstić information content (AvgIpc) is 2.41. The summed E-state index contributed by atoms with van der Waals surface area (Å²) in [6.45, 7) is 10.2. The standard InChI is InChI=1S/C12H14.2C2H6/c1-3-5-6-12-9-7-11(4-2)8-10-12;2*1-2/h2,7-10H,3,5-6H2,1H3;2*1-2H3. The first-order valence-corrected chi connectivity index (χ1v) is 6.42. The van der Waals surface area contributed by atoms with Crippen LogP contribution >= 0.6 is 0 Å². The van der Waals surface area contributed by atoms with Gasteiger partial charge in [-0.15, -0.1) is 6.42 Å². The smallest absolute Gasteiger partial charge is 0.0242 e. The molecule has 0 aliphatic carbocycles. The van der Waals surface area contributed by atoms with E-state index in [0.717, 1.165) is 5.56 Å². The molecule has 0 N–H and O–H groups in total. The fourth-order valence-electron chi connectivity index (χ4n) is 1.15. The Hall–Kier alpha value is -1.22. The zero-order valence-electron chi connectivity index (χ0n) is 11.5. The van der Waals surface area contributed by atoms with Crippen molar-refractivity contribution in [1.82, 2.24) is 0 Å². The van der Waals surface area contributed by atoms with Crippen LogP contribution in [0.4, 0.5) is 0 Å². The number of terminal acetylenes is 1. The van der Waals surface area contributed by atoms with Crippen LogP contribution in [0, 0.1) is 12.3 Å². The minimum absolute atomic E-state index is 0.968. The molecule has 0 unspecified atom stereocenters. The Balaban J connectivity index is 0. The lowest BCUT2D eigenvalue weighted by Gasteiger charge is -1.98. The van der Waals surface area contributed by atoms with Crippen LogP contribution in [0.25, 0.3) is 0 Å². The Morgan fingerprint density at radius 2 is 1.50 bits per heavy atom. The van der Waals surface area contributed by atoms with Crippen molar-refractivity contribution in [2.24, 2.45) is 0 Å². The Morgan fingerprint density at radius 1 is 1.00 bits per heavy atom. The van der Waals surface area contributed by atoms with E-state index in [1.165, 1.54) is 24.8 Å². The van der Waals surface area contributed by atoms with Crippen LogP contribution in [0.1, 0.15) is 58.6 Å². The van der Waals surface area contributed by atoms with Gasteiger partial charge in [-0.25, -0.2) is 0 Å². The second kappa shape index (κ2) is 13.8. The lowest BCUT2D eigenvalue weighted by Crippen LogP contribution is -1.84. The molecular weight excluding hydrogens is 192 g/mol. The highest BCUT2D eigenvalue weighted by Crippen LogP contribution is 2.06. The molecule has 0 fully saturated rings. The van der Waals surface area contributed by atoms with E-state index in [0.29, 0.717) is 0 Å². The molecule has 0 aliphatic rings. The van der Waals surface area contributed by atoms with E-state index in [4.69, 9.17) is 6.42 Å². The van der Waals surface area contributed by atoms with E-state index in [-0.39, 0.29) is 0 Å². The predicted octanol–water partition coefficient (Wildman–Crippen LogP) is 5.06. The maximum Gasteiger partial charge on any atom is 0.0242 e. The van der Waals surface area contributed by atoms with Crippen molar-refractivity contribution in [1.29, 1.82) is 0 Å². The van der Waals surface area contributed by atoms with E-state index in [1.54, 1.807) is 0 Å². The van der Waals surface area contributed by atoms with Gasteiger partial charge in [0.15, 0.2) is 0 Å². The Morgan fingerprint density at radius 3 is 1.88 bits per heavy atom. The Labute approximate surface area is 102 Å². The number of hydrogen-bond donors (Lipinski definition) is 0. The van der Waals surface area contributed by atoms with Gasteiger partial charge in [0.05, 0.1) is 0 Å². The summed E-state index contributed by atoms with van der Waals surface area (Å²) in [6.07, 6.45) is 8.92. The molecule has 0 atom stereocenters. The zero-order chi connectivity index (χ0) is 12.8. The first-order chi connectivity index (χ1) is 7.86. The summed E-state index contributed by atoms with van der Waals surface area (Å²) in [5.74, 6) is 2.61. The number of unbranched alkanes of at least 4 members (excludes halogenated alkanes) is 1. The molecule has 16 heavy (non-hydrogen) atoms. The van der Waals surface area contributed by atoms with Gasteiger partial charge < -0.3 is 0 Å². The van der Waals surface area contributed by atoms with Crippen molar-refractivity contribution in [2.75, 3.05) is 0 Å². The third-order valence-electron chi connectivity index (χ3n) is 1.94. The average molecular weight is 218 g/mol. The van der Waals surface area contributed by atoms with Gasteiger partial charge in [0.25, 0.3) is 0 Å². The van der Waals surface area contributed by atoms with Gasteiger partial charge in [-0.1, -0.05) is 59.1 Å². The van der Waals surface area contributed by atoms with Crippen molar-refractivity contribution < 1.29 is 0 Å². The van der Waals surface area contributed by atoms with Gasteiger partial charge in [0, 0.05) is 5.56 Å². The van der Waals surface area contributed by atoms with E-state index in [2.05, 4.69) is 25.0 Å². The summed E-state index contributed by atoms with van der Waals surface area (Å²) >= 11 is 0. The molecule has 0 spiro atoms. The molecule has 0 saturated heterocycles. The second-order valence-electron chi connectivity index (χ2n) is 2.94. The van der Waals surface area contributed by atoms with Crippen LogP contribution < -0.4 is 0 Å². The predicted molar refractivity (Wildman–Crippen MR) is 75.7 cm³/mol. The highest BCUT2D eigenvalue weighted by atomic mass is 14.0. The summed E-state index contributed by atoms with van der Waals surface area (Å²) in [4.78, 5) is 0. The van der Waals surface area contributed by atoms with Crippen LogP contribution in [0.3, 0.4) is 0 Å². The first kappa shape index (κ1) is 17.2. The number of aryl methyl sites for hydroxylation is 1. The molecule has 0 aromatic heterocycles. The molecule has 0 heterocycles. The minimum Gasteiger partial charge on any atom is -0.115 e. The van der Waals surface area contributed by atoms with Crippen molar-refractivity contribution in [3.63, 3.8) is 0 Å². The van der Waals surface area contributed by atoms with Crippen LogP contribution in [-0.2, 0) is 6.42 Å². The number of benzene rings is 1. The number of hydrogen-bond acceptors (Lipinski definition) is 0. The third kappa shape index (κ3) is 8.12. The van der Waals surface area contributed by atoms with Crippen LogP contribution in [0.2, 0.25) is 0 Å². The van der Waals surface area contributed by atoms with Gasteiger partial charge in [-0.2, -0.15) is 0 Å². The van der Waals surface area contributed by atoms with Gasteiger partial charge in [-0.05, 0) is 30.5 Å². The molecule has 0 amide bonds. The van der Waals surface area contributed by atoms with Gasteiger partial charge in [0.2, 0.25) is 0 Å². The van der Waals surface area contributed by atoms with E-state index < -0.39 is 0 Å². The van der Waals surface area contributed by atoms with Gasteiger partial charge >= 0.3 is 0 Å². The summed E-state index contributed by atoms with van der Waals surface area (Å²) in [5, 5.41) is 0. The highest BCUT2D eigenvalue weighted by molar-refractivity contribution is 5.34. The maximum atomic E-state index is 5.25. The zero-order valence-corrected chi connectivity index (χ0v) is 11.5. The summed E-state index contributed by atoms with van der Waals surface area (Å²) in [6, 6.07) is 8.24. The summed E-state index contributed by atoms with van der Waals surface area (Å²) < 4.78 is 0. The lowest BCUT2D eigenvalue weighted by molar-refractivity contribution is 0.795. The van der Waals surface area contributed by atoms with Gasteiger partial charge in [0.1, 0.15) is 0 Å². The van der Waals surface area contributed by atoms with Crippen molar-refractivity contribution in [3.05, 3.63) is 35.4 Å². The second-order valence-corrected chi connectivity index (χ2v) is 2.94. The Kier molecular flexibility index (Phi) is 14.8. The molecule has 1 rings (SSSR count). The van der Waals surface area contributed by atoms with Crippen LogP contribution in [0.5, 0.6) is 0 Å². The molecule has 90 valence electrons. The summed E-state index contributed by atoms with van der Waals surface area (Å²) in [7, 11) is 0. The molecule has 0 nitrogen and oxygen atoms in total. The van der Waals surface area contributed by atoms with Crippen molar-refractivity contribution in [2.45, 2.75) is 53.9 Å². The minimum atomic E-state index is 0.968. The van der Waals surface area contributed by atoms with Crippen molar-refractivity contribution in [3.8, 4) is 12.3 Å². The monoisotopic (exact) mass is 218 g/mol. The van der Waals surface area contributed by atoms with Crippen molar-refractivity contribution >= 4 is 0 Å². The lowest BCUT2D eigenvalue weighted by atomic mass is 10.1. The molecule has 0 aliphatic heterocycles. The third-order valence-corrected chi connectivity index (χ3v) is 1.94. The van der Waals surface area contributed by atoms with E-state index in [9.17, 15) is 0 Å². The SMILES string of the molecule is C#Cc1ccc(CCCC)cc1.CC.CC. The Bertz CT molecular complexity index is 261. The maximum absolute atomic E-state index is 5.25. The molecular formula is C16H26. The highest BCUT2D eigenvalue weighted by Gasteiger charge is 1.91. The summed E-state index contributed by atoms with van der Waals surface area (Å²) in [5.41, 5.74) is 2.35. The fourth-order valence-corrected chi connectivity index (χ4v) is 1.15. The first-order valence-electron chi connectivity index (χ1n) is 6.42. The molecule has 0 radical (unpaired) electrons. The van der Waals surface area contributed by atoms with E-state index in [1.807, 2.05) is 39.8 Å². The largest absolute Gasteiger partial charge is 0.115 e. The fraction of sp³-hybridized carbons (Fsp3) is 0.500. The van der Waals surface area contributed by atoms with Gasteiger partial charge in [-0.3, -0.25) is 0 Å². The van der Waals surface area contributed by atoms with Crippen LogP contribution in [-0.4, -0.2) is 0 Å². The molecule has 0 bridgehead atoms. The molecule has 0 saturated carbocycles. The van der Waals surface area contributed by atoms with E-state index >= 15 is 0 Å². The number of rotatable bonds is 3. The molecule has 1 aromatic rings.